The Hall–Kier alpha value is -1.95. The van der Waals surface area contributed by atoms with Gasteiger partial charge >= 0.3 is 0 Å². The van der Waals surface area contributed by atoms with E-state index in [-0.39, 0.29) is 11.8 Å². The molecule has 1 atom stereocenters. The lowest BCUT2D eigenvalue weighted by Gasteiger charge is -2.31. The Morgan fingerprint density at radius 2 is 1.95 bits per heavy atom. The van der Waals surface area contributed by atoms with E-state index in [2.05, 4.69) is 16.1 Å². The van der Waals surface area contributed by atoms with Crippen molar-refractivity contribution in [3.8, 4) is 11.5 Å². The Morgan fingerprint density at radius 3 is 2.52 bits per heavy atom. The molecule has 1 aliphatic rings. The molecule has 0 spiro atoms. The number of nitrogens with zero attached hydrogens (tertiary/aromatic N) is 2. The van der Waals surface area contributed by atoms with E-state index in [0.717, 1.165) is 37.6 Å². The molecule has 0 radical (unpaired) electrons. The summed E-state index contributed by atoms with van der Waals surface area (Å²) >= 11 is 0. The van der Waals surface area contributed by atoms with E-state index in [0.29, 0.717) is 0 Å². The number of methoxy groups -OCH3 is 2. The van der Waals surface area contributed by atoms with E-state index in [4.69, 9.17) is 20.4 Å². The molecule has 116 valence electrons. The molecule has 21 heavy (non-hydrogen) atoms. The van der Waals surface area contributed by atoms with E-state index in [1.54, 1.807) is 14.2 Å². The number of benzene rings is 1. The predicted octanol–water partition coefficient (Wildman–Crippen LogP) is 1.44. The van der Waals surface area contributed by atoms with E-state index >= 15 is 0 Å². The van der Waals surface area contributed by atoms with Crippen molar-refractivity contribution in [1.82, 2.24) is 4.90 Å². The molecule has 6 nitrogen and oxygen atoms in total. The number of amidine groups is 1. The summed E-state index contributed by atoms with van der Waals surface area (Å²) in [6, 6.07) is 4.09. The first-order valence-corrected chi connectivity index (χ1v) is 7.02. The third-order valence-corrected chi connectivity index (χ3v) is 3.95. The SMILES string of the molecule is COc1cc2c(cc1OC)CN(CC(C)/C(N)=N/O)CC2. The number of oxime groups is 1. The largest absolute Gasteiger partial charge is 0.493 e. The first-order valence-electron chi connectivity index (χ1n) is 7.02. The number of hydrogen-bond acceptors (Lipinski definition) is 5. The maximum absolute atomic E-state index is 8.73. The molecule has 1 aromatic carbocycles. The van der Waals surface area contributed by atoms with Crippen LogP contribution in [-0.4, -0.2) is 43.3 Å². The zero-order valence-electron chi connectivity index (χ0n) is 12.8. The van der Waals surface area contributed by atoms with Crippen molar-refractivity contribution in [3.05, 3.63) is 23.3 Å². The van der Waals surface area contributed by atoms with Gasteiger partial charge in [-0.05, 0) is 29.7 Å². The highest BCUT2D eigenvalue weighted by Gasteiger charge is 2.21. The summed E-state index contributed by atoms with van der Waals surface area (Å²) < 4.78 is 10.7. The average Bonchev–Trinajstić information content (AvgIpc) is 2.52. The quantitative estimate of drug-likeness (QED) is 0.372. The van der Waals surface area contributed by atoms with Gasteiger partial charge in [0.25, 0.3) is 0 Å². The van der Waals surface area contributed by atoms with Gasteiger partial charge in [-0.15, -0.1) is 0 Å². The second-order valence-electron chi connectivity index (χ2n) is 5.39. The maximum atomic E-state index is 8.73. The summed E-state index contributed by atoms with van der Waals surface area (Å²) in [5.41, 5.74) is 8.18. The van der Waals surface area contributed by atoms with Crippen molar-refractivity contribution in [3.63, 3.8) is 0 Å². The summed E-state index contributed by atoms with van der Waals surface area (Å²) in [7, 11) is 3.30. The van der Waals surface area contributed by atoms with Gasteiger partial charge in [-0.25, -0.2) is 0 Å². The molecule has 0 fully saturated rings. The molecule has 2 rings (SSSR count). The van der Waals surface area contributed by atoms with Crippen LogP contribution in [0.4, 0.5) is 0 Å². The molecule has 0 saturated heterocycles. The minimum absolute atomic E-state index is 0.0247. The molecule has 0 saturated carbocycles. The van der Waals surface area contributed by atoms with Crippen LogP contribution in [0.2, 0.25) is 0 Å². The van der Waals surface area contributed by atoms with Gasteiger partial charge in [0.1, 0.15) is 5.84 Å². The molecule has 0 aromatic heterocycles. The Labute approximate surface area is 125 Å². The minimum atomic E-state index is 0.0247. The molecule has 1 aliphatic heterocycles. The van der Waals surface area contributed by atoms with Crippen LogP contribution in [0.5, 0.6) is 11.5 Å². The summed E-state index contributed by atoms with van der Waals surface area (Å²) in [6.45, 7) is 4.51. The van der Waals surface area contributed by atoms with E-state index in [1.165, 1.54) is 11.1 Å². The average molecular weight is 293 g/mol. The van der Waals surface area contributed by atoms with Gasteiger partial charge in [-0.2, -0.15) is 0 Å². The van der Waals surface area contributed by atoms with Gasteiger partial charge in [-0.1, -0.05) is 12.1 Å². The number of nitrogens with two attached hydrogens (primary N) is 1. The second-order valence-corrected chi connectivity index (χ2v) is 5.39. The highest BCUT2D eigenvalue weighted by Crippen LogP contribution is 2.33. The number of ether oxygens (including phenoxy) is 2. The van der Waals surface area contributed by atoms with Gasteiger partial charge < -0.3 is 20.4 Å². The van der Waals surface area contributed by atoms with Crippen LogP contribution in [0.25, 0.3) is 0 Å². The van der Waals surface area contributed by atoms with Crippen LogP contribution in [0.1, 0.15) is 18.1 Å². The Morgan fingerprint density at radius 1 is 1.33 bits per heavy atom. The third-order valence-electron chi connectivity index (χ3n) is 3.95. The van der Waals surface area contributed by atoms with Crippen LogP contribution in [0.15, 0.2) is 17.3 Å². The normalized spacial score (nSPS) is 17.2. The zero-order chi connectivity index (χ0) is 15.4. The van der Waals surface area contributed by atoms with E-state index in [1.807, 2.05) is 13.0 Å². The molecule has 0 aliphatic carbocycles. The highest BCUT2D eigenvalue weighted by molar-refractivity contribution is 5.82. The van der Waals surface area contributed by atoms with Crippen LogP contribution >= 0.6 is 0 Å². The second kappa shape index (κ2) is 6.67. The summed E-state index contributed by atoms with van der Waals surface area (Å²) in [5.74, 6) is 1.82. The first kappa shape index (κ1) is 15.4. The monoisotopic (exact) mass is 293 g/mol. The van der Waals surface area contributed by atoms with Crippen LogP contribution in [0.3, 0.4) is 0 Å². The molecule has 0 bridgehead atoms. The molecular weight excluding hydrogens is 270 g/mol. The Balaban J connectivity index is 2.13. The first-order chi connectivity index (χ1) is 10.1. The van der Waals surface area contributed by atoms with E-state index in [9.17, 15) is 0 Å². The molecule has 3 N–H and O–H groups in total. The van der Waals surface area contributed by atoms with Crippen LogP contribution in [0, 0.1) is 5.92 Å². The van der Waals surface area contributed by atoms with Crippen LogP contribution < -0.4 is 15.2 Å². The number of hydrogen-bond donors (Lipinski definition) is 2. The van der Waals surface area contributed by atoms with Gasteiger partial charge in [0, 0.05) is 25.6 Å². The molecule has 1 aromatic rings. The van der Waals surface area contributed by atoms with Crippen molar-refractivity contribution < 1.29 is 14.7 Å². The smallest absolute Gasteiger partial charge is 0.161 e. The maximum Gasteiger partial charge on any atom is 0.161 e. The fourth-order valence-corrected chi connectivity index (χ4v) is 2.68. The molecule has 1 unspecified atom stereocenters. The van der Waals surface area contributed by atoms with Crippen molar-refractivity contribution >= 4 is 5.84 Å². The van der Waals surface area contributed by atoms with Crippen molar-refractivity contribution in [2.75, 3.05) is 27.3 Å². The van der Waals surface area contributed by atoms with Gasteiger partial charge in [0.15, 0.2) is 11.5 Å². The van der Waals surface area contributed by atoms with Crippen molar-refractivity contribution in [1.29, 1.82) is 0 Å². The summed E-state index contributed by atoms with van der Waals surface area (Å²) in [6.07, 6.45) is 0.957. The van der Waals surface area contributed by atoms with Gasteiger partial charge in [0.05, 0.1) is 14.2 Å². The summed E-state index contributed by atoms with van der Waals surface area (Å²) in [5, 5.41) is 11.8. The Kier molecular flexibility index (Phi) is 4.90. The topological polar surface area (TPSA) is 80.3 Å². The predicted molar refractivity (Wildman–Crippen MR) is 81.1 cm³/mol. The lowest BCUT2D eigenvalue weighted by Crippen LogP contribution is -2.38. The zero-order valence-corrected chi connectivity index (χ0v) is 12.8. The summed E-state index contributed by atoms with van der Waals surface area (Å²) in [4.78, 5) is 2.30. The molecule has 6 heteroatoms. The van der Waals surface area contributed by atoms with Gasteiger partial charge in [-0.3, -0.25) is 4.90 Å². The fraction of sp³-hybridized carbons (Fsp3) is 0.533. The molecular formula is C15H23N3O3. The fourth-order valence-electron chi connectivity index (χ4n) is 2.68. The lowest BCUT2D eigenvalue weighted by molar-refractivity contribution is 0.235. The van der Waals surface area contributed by atoms with Crippen LogP contribution in [-0.2, 0) is 13.0 Å². The van der Waals surface area contributed by atoms with E-state index < -0.39 is 0 Å². The molecule has 0 amide bonds. The van der Waals surface area contributed by atoms with Crippen molar-refractivity contribution in [2.24, 2.45) is 16.8 Å². The Bertz CT molecular complexity index is 531. The molecule has 1 heterocycles. The van der Waals surface area contributed by atoms with Gasteiger partial charge in [0.2, 0.25) is 0 Å². The van der Waals surface area contributed by atoms with Crippen molar-refractivity contribution in [2.45, 2.75) is 19.9 Å². The number of fused-ring (bicyclic) bond motifs is 1. The third kappa shape index (κ3) is 3.39. The highest BCUT2D eigenvalue weighted by atomic mass is 16.5. The minimum Gasteiger partial charge on any atom is -0.493 e. The lowest BCUT2D eigenvalue weighted by atomic mass is 9.97. The standard InChI is InChI=1S/C15H23N3O3/c1-10(15(16)17-19)8-18-5-4-11-6-13(20-2)14(21-3)7-12(11)9-18/h6-7,10,19H,4-5,8-9H2,1-3H3,(H2,16,17). The number of rotatable bonds is 5.